The van der Waals surface area contributed by atoms with Crippen LogP contribution >= 0.6 is 15.9 Å². The van der Waals surface area contributed by atoms with Gasteiger partial charge in [-0.3, -0.25) is 0 Å². The fourth-order valence-electron chi connectivity index (χ4n) is 2.99. The van der Waals surface area contributed by atoms with Crippen LogP contribution < -0.4 is 5.32 Å². The Hall–Kier alpha value is -0.380. The van der Waals surface area contributed by atoms with Crippen molar-refractivity contribution in [2.24, 2.45) is 5.92 Å². The maximum Gasteiger partial charge on any atom is 0.0330 e. The van der Waals surface area contributed by atoms with E-state index < -0.39 is 0 Å². The number of rotatable bonds is 8. The predicted molar refractivity (Wildman–Crippen MR) is 87.9 cm³/mol. The number of hydrogen-bond donors (Lipinski definition) is 1. The van der Waals surface area contributed by atoms with Crippen molar-refractivity contribution < 1.29 is 0 Å². The molecule has 0 radical (unpaired) electrons. The first-order chi connectivity index (χ1) is 9.76. The molecule has 3 rings (SSSR count). The molecule has 0 saturated heterocycles. The number of benzene rings is 1. The minimum atomic E-state index is 0.466. The maximum absolute atomic E-state index is 3.58. The highest BCUT2D eigenvalue weighted by atomic mass is 79.9. The summed E-state index contributed by atoms with van der Waals surface area (Å²) in [7, 11) is 2.08. The minimum Gasteiger partial charge on any atom is -0.313 e. The molecule has 110 valence electrons. The Bertz CT molecular complexity index is 440. The van der Waals surface area contributed by atoms with Crippen LogP contribution in [-0.2, 0) is 0 Å². The lowest BCUT2D eigenvalue weighted by atomic mass is 10.0. The average molecular weight is 337 g/mol. The SMILES string of the molecule is CNC(CCN(CC1CC1)C1CC1)c1cccc(Br)c1. The van der Waals surface area contributed by atoms with E-state index in [1.54, 1.807) is 0 Å². The second-order valence-corrected chi connectivity index (χ2v) is 7.27. The average Bonchev–Trinajstić information content (AvgIpc) is 3.31. The molecular formula is C17H25BrN2. The summed E-state index contributed by atoms with van der Waals surface area (Å²) >= 11 is 3.58. The Morgan fingerprint density at radius 3 is 2.70 bits per heavy atom. The Balaban J connectivity index is 1.56. The van der Waals surface area contributed by atoms with Crippen LogP contribution in [0.1, 0.15) is 43.7 Å². The van der Waals surface area contributed by atoms with Crippen LogP contribution in [0.15, 0.2) is 28.7 Å². The summed E-state index contributed by atoms with van der Waals surface area (Å²) < 4.78 is 1.17. The van der Waals surface area contributed by atoms with Gasteiger partial charge in [0.1, 0.15) is 0 Å². The molecule has 2 fully saturated rings. The van der Waals surface area contributed by atoms with E-state index in [-0.39, 0.29) is 0 Å². The second-order valence-electron chi connectivity index (χ2n) is 6.35. The zero-order valence-corrected chi connectivity index (χ0v) is 13.9. The van der Waals surface area contributed by atoms with E-state index in [0.717, 1.165) is 12.0 Å². The summed E-state index contributed by atoms with van der Waals surface area (Å²) in [4.78, 5) is 2.75. The molecule has 2 nitrogen and oxygen atoms in total. The first-order valence-corrected chi connectivity index (χ1v) is 8.72. The molecule has 0 spiro atoms. The van der Waals surface area contributed by atoms with Gasteiger partial charge in [-0.1, -0.05) is 28.1 Å². The molecule has 2 saturated carbocycles. The molecule has 2 aliphatic rings. The fraction of sp³-hybridized carbons (Fsp3) is 0.647. The molecule has 0 aliphatic heterocycles. The van der Waals surface area contributed by atoms with Crippen LogP contribution in [0.2, 0.25) is 0 Å². The van der Waals surface area contributed by atoms with Gasteiger partial charge in [-0.25, -0.2) is 0 Å². The molecule has 0 bridgehead atoms. The number of halogens is 1. The Morgan fingerprint density at radius 1 is 1.30 bits per heavy atom. The Labute approximate surface area is 131 Å². The number of nitrogens with one attached hydrogen (secondary N) is 1. The molecule has 3 heteroatoms. The topological polar surface area (TPSA) is 15.3 Å². The van der Waals surface area contributed by atoms with Gasteiger partial charge in [-0.15, -0.1) is 0 Å². The summed E-state index contributed by atoms with van der Waals surface area (Å²) in [6.07, 6.45) is 6.98. The molecule has 0 amide bonds. The van der Waals surface area contributed by atoms with E-state index in [1.165, 1.54) is 55.2 Å². The van der Waals surface area contributed by atoms with Gasteiger partial charge in [-0.05, 0) is 62.8 Å². The predicted octanol–water partition coefficient (Wildman–Crippen LogP) is 3.97. The van der Waals surface area contributed by atoms with Crippen LogP contribution in [-0.4, -0.2) is 31.1 Å². The van der Waals surface area contributed by atoms with Gasteiger partial charge >= 0.3 is 0 Å². The summed E-state index contributed by atoms with van der Waals surface area (Å²) in [6, 6.07) is 10.1. The van der Waals surface area contributed by atoms with E-state index in [4.69, 9.17) is 0 Å². The molecule has 1 N–H and O–H groups in total. The highest BCUT2D eigenvalue weighted by Crippen LogP contribution is 2.35. The van der Waals surface area contributed by atoms with Crippen molar-refractivity contribution in [3.63, 3.8) is 0 Å². The van der Waals surface area contributed by atoms with Crippen LogP contribution in [0.5, 0.6) is 0 Å². The van der Waals surface area contributed by atoms with Crippen molar-refractivity contribution in [2.45, 2.75) is 44.2 Å². The summed E-state index contributed by atoms with van der Waals surface area (Å²) in [5.41, 5.74) is 1.39. The van der Waals surface area contributed by atoms with E-state index in [0.29, 0.717) is 6.04 Å². The highest BCUT2D eigenvalue weighted by Gasteiger charge is 2.33. The van der Waals surface area contributed by atoms with Gasteiger partial charge in [0, 0.05) is 29.6 Å². The number of nitrogens with zero attached hydrogens (tertiary/aromatic N) is 1. The standard InChI is InChI=1S/C17H25BrN2/c1-19-17(14-3-2-4-15(18)11-14)9-10-20(16-7-8-16)12-13-5-6-13/h2-4,11,13,16-17,19H,5-10,12H2,1H3. The molecule has 1 atom stereocenters. The van der Waals surface area contributed by atoms with Crippen LogP contribution in [0.4, 0.5) is 0 Å². The number of hydrogen-bond acceptors (Lipinski definition) is 2. The van der Waals surface area contributed by atoms with Crippen molar-refractivity contribution in [3.8, 4) is 0 Å². The minimum absolute atomic E-state index is 0.466. The van der Waals surface area contributed by atoms with E-state index >= 15 is 0 Å². The molecule has 1 aromatic carbocycles. The monoisotopic (exact) mass is 336 g/mol. The summed E-state index contributed by atoms with van der Waals surface area (Å²) in [5, 5.41) is 3.48. The second kappa shape index (κ2) is 6.59. The highest BCUT2D eigenvalue weighted by molar-refractivity contribution is 9.10. The van der Waals surface area contributed by atoms with E-state index in [9.17, 15) is 0 Å². The third-order valence-electron chi connectivity index (χ3n) is 4.56. The van der Waals surface area contributed by atoms with Crippen molar-refractivity contribution in [2.75, 3.05) is 20.1 Å². The third kappa shape index (κ3) is 4.06. The Morgan fingerprint density at radius 2 is 2.10 bits per heavy atom. The fourth-order valence-corrected chi connectivity index (χ4v) is 3.41. The van der Waals surface area contributed by atoms with Gasteiger partial charge in [-0.2, -0.15) is 0 Å². The van der Waals surface area contributed by atoms with Crippen molar-refractivity contribution >= 4 is 15.9 Å². The first kappa shape index (κ1) is 14.6. The van der Waals surface area contributed by atoms with Crippen LogP contribution in [0, 0.1) is 5.92 Å². The summed E-state index contributed by atoms with van der Waals surface area (Å²) in [5.74, 6) is 1.01. The molecule has 20 heavy (non-hydrogen) atoms. The molecule has 0 aromatic heterocycles. The quantitative estimate of drug-likeness (QED) is 0.772. The molecule has 1 aromatic rings. The Kier molecular flexibility index (Phi) is 4.79. The van der Waals surface area contributed by atoms with Crippen molar-refractivity contribution in [1.82, 2.24) is 10.2 Å². The van der Waals surface area contributed by atoms with Crippen molar-refractivity contribution in [3.05, 3.63) is 34.3 Å². The largest absolute Gasteiger partial charge is 0.313 e. The molecular weight excluding hydrogens is 312 g/mol. The lowest BCUT2D eigenvalue weighted by Crippen LogP contribution is -2.32. The van der Waals surface area contributed by atoms with Crippen LogP contribution in [0.3, 0.4) is 0 Å². The smallest absolute Gasteiger partial charge is 0.0330 e. The first-order valence-electron chi connectivity index (χ1n) is 7.93. The van der Waals surface area contributed by atoms with Crippen LogP contribution in [0.25, 0.3) is 0 Å². The normalized spacial score (nSPS) is 20.4. The van der Waals surface area contributed by atoms with Gasteiger partial charge in [0.25, 0.3) is 0 Å². The van der Waals surface area contributed by atoms with Gasteiger partial charge in [0.2, 0.25) is 0 Å². The van der Waals surface area contributed by atoms with Gasteiger partial charge in [0.05, 0.1) is 0 Å². The summed E-state index contributed by atoms with van der Waals surface area (Å²) in [6.45, 7) is 2.58. The van der Waals surface area contributed by atoms with Gasteiger partial charge < -0.3 is 10.2 Å². The van der Waals surface area contributed by atoms with Gasteiger partial charge in [0.15, 0.2) is 0 Å². The van der Waals surface area contributed by atoms with E-state index in [1.807, 2.05) is 0 Å². The maximum atomic E-state index is 3.58. The molecule has 0 heterocycles. The van der Waals surface area contributed by atoms with Crippen molar-refractivity contribution in [1.29, 1.82) is 0 Å². The third-order valence-corrected chi connectivity index (χ3v) is 5.05. The lowest BCUT2D eigenvalue weighted by Gasteiger charge is -2.25. The van der Waals surface area contributed by atoms with E-state index in [2.05, 4.69) is 57.5 Å². The zero-order valence-electron chi connectivity index (χ0n) is 12.3. The zero-order chi connectivity index (χ0) is 13.9. The lowest BCUT2D eigenvalue weighted by molar-refractivity contribution is 0.239. The molecule has 1 unspecified atom stereocenters. The molecule has 2 aliphatic carbocycles.